The third-order valence-electron chi connectivity index (χ3n) is 3.22. The van der Waals surface area contributed by atoms with E-state index in [0.29, 0.717) is 11.8 Å². The van der Waals surface area contributed by atoms with Crippen LogP contribution in [0.3, 0.4) is 0 Å². The molecule has 0 aromatic carbocycles. The van der Waals surface area contributed by atoms with Crippen molar-refractivity contribution in [1.82, 2.24) is 0 Å². The molecule has 0 N–H and O–H groups in total. The number of ether oxygens (including phenoxy) is 1. The first-order chi connectivity index (χ1) is 6.07. The van der Waals surface area contributed by atoms with Gasteiger partial charge in [0.25, 0.3) is 0 Å². The highest BCUT2D eigenvalue weighted by Gasteiger charge is 2.50. The molecule has 13 heavy (non-hydrogen) atoms. The van der Waals surface area contributed by atoms with E-state index in [9.17, 15) is 0 Å². The molecule has 2 nitrogen and oxygen atoms in total. The Balaban J connectivity index is 2.29. The summed E-state index contributed by atoms with van der Waals surface area (Å²) in [4.78, 5) is 4.55. The van der Waals surface area contributed by atoms with Crippen LogP contribution in [0.25, 0.3) is 0 Å². The van der Waals surface area contributed by atoms with Crippen LogP contribution in [0.2, 0.25) is 0 Å². The van der Waals surface area contributed by atoms with Gasteiger partial charge >= 0.3 is 0 Å². The van der Waals surface area contributed by atoms with Crippen LogP contribution in [0.4, 0.5) is 0 Å². The van der Waals surface area contributed by atoms with Gasteiger partial charge in [-0.2, -0.15) is 0 Å². The van der Waals surface area contributed by atoms with Crippen molar-refractivity contribution in [2.24, 2.45) is 16.8 Å². The monoisotopic (exact) mass is 179 g/mol. The maximum Gasteiger partial charge on any atom is 0.189 e. The molecular formula is C11H17NO. The van der Waals surface area contributed by atoms with E-state index in [4.69, 9.17) is 4.74 Å². The predicted octanol–water partition coefficient (Wildman–Crippen LogP) is 2.41. The molecule has 0 saturated carbocycles. The topological polar surface area (TPSA) is 21.6 Å². The van der Waals surface area contributed by atoms with Gasteiger partial charge in [0.1, 0.15) is 0 Å². The number of aliphatic imine (C=N–C) groups is 1. The highest BCUT2D eigenvalue weighted by atomic mass is 16.5. The summed E-state index contributed by atoms with van der Waals surface area (Å²) in [7, 11) is 1.72. The maximum absolute atomic E-state index is 5.25. The summed E-state index contributed by atoms with van der Waals surface area (Å²) in [6.45, 7) is 6.67. The average molecular weight is 179 g/mol. The molecule has 0 saturated heterocycles. The molecule has 3 unspecified atom stereocenters. The van der Waals surface area contributed by atoms with Crippen LogP contribution in [-0.2, 0) is 4.74 Å². The first-order valence-corrected chi connectivity index (χ1v) is 4.88. The third kappa shape index (κ3) is 1.11. The molecule has 1 heterocycles. The van der Waals surface area contributed by atoms with Crippen LogP contribution in [0, 0.1) is 11.8 Å². The predicted molar refractivity (Wildman–Crippen MR) is 53.9 cm³/mol. The molecule has 2 aliphatic rings. The Bertz CT molecular complexity index is 292. The van der Waals surface area contributed by atoms with Gasteiger partial charge in [0.15, 0.2) is 5.90 Å². The molecule has 3 atom stereocenters. The molecule has 0 aromatic heterocycles. The van der Waals surface area contributed by atoms with Gasteiger partial charge in [0.2, 0.25) is 0 Å². The fraction of sp³-hybridized carbons (Fsp3) is 0.727. The van der Waals surface area contributed by atoms with Crippen molar-refractivity contribution in [3.05, 3.63) is 11.6 Å². The van der Waals surface area contributed by atoms with Crippen molar-refractivity contribution < 1.29 is 4.74 Å². The van der Waals surface area contributed by atoms with E-state index in [1.54, 1.807) is 7.11 Å². The van der Waals surface area contributed by atoms with Gasteiger partial charge in [0.05, 0.1) is 18.6 Å². The lowest BCUT2D eigenvalue weighted by Crippen LogP contribution is -2.53. The fourth-order valence-electron chi connectivity index (χ4n) is 2.87. The van der Waals surface area contributed by atoms with Crippen LogP contribution in [0.15, 0.2) is 16.6 Å². The highest BCUT2D eigenvalue weighted by molar-refractivity contribution is 5.87. The van der Waals surface area contributed by atoms with Gasteiger partial charge < -0.3 is 4.74 Å². The summed E-state index contributed by atoms with van der Waals surface area (Å²) in [5.74, 6) is 2.03. The smallest absolute Gasteiger partial charge is 0.189 e. The molecule has 0 radical (unpaired) electrons. The number of rotatable bonds is 0. The molecule has 0 spiro atoms. The van der Waals surface area contributed by atoms with Gasteiger partial charge in [-0.25, -0.2) is 4.99 Å². The maximum atomic E-state index is 5.25. The van der Waals surface area contributed by atoms with Crippen molar-refractivity contribution in [3.63, 3.8) is 0 Å². The second-order valence-electron chi connectivity index (χ2n) is 4.54. The summed E-state index contributed by atoms with van der Waals surface area (Å²) in [6.07, 6.45) is 3.44. The lowest BCUT2D eigenvalue weighted by molar-refractivity contribution is 0.192. The number of allylic oxidation sites excluding steroid dienone is 1. The lowest BCUT2D eigenvalue weighted by atomic mass is 9.66. The molecule has 1 aliphatic heterocycles. The Kier molecular flexibility index (Phi) is 1.76. The molecule has 2 rings (SSSR count). The third-order valence-corrected chi connectivity index (χ3v) is 3.22. The van der Waals surface area contributed by atoms with Crippen molar-refractivity contribution >= 4 is 5.90 Å². The Labute approximate surface area is 79.7 Å². The van der Waals surface area contributed by atoms with E-state index in [-0.39, 0.29) is 5.54 Å². The van der Waals surface area contributed by atoms with E-state index in [1.165, 1.54) is 5.57 Å². The normalized spacial score (nSPS) is 42.8. The van der Waals surface area contributed by atoms with E-state index < -0.39 is 0 Å². The minimum Gasteiger partial charge on any atom is -0.484 e. The van der Waals surface area contributed by atoms with Gasteiger partial charge in [-0.1, -0.05) is 18.6 Å². The van der Waals surface area contributed by atoms with Crippen LogP contribution >= 0.6 is 0 Å². The average Bonchev–Trinajstić information content (AvgIpc) is 1.97. The molecule has 0 amide bonds. The van der Waals surface area contributed by atoms with Crippen molar-refractivity contribution in [1.29, 1.82) is 0 Å². The van der Waals surface area contributed by atoms with Gasteiger partial charge in [-0.05, 0) is 26.2 Å². The summed E-state index contributed by atoms with van der Waals surface area (Å²) in [6, 6.07) is 0. The van der Waals surface area contributed by atoms with Crippen LogP contribution < -0.4 is 0 Å². The summed E-state index contributed by atoms with van der Waals surface area (Å²) >= 11 is 0. The van der Waals surface area contributed by atoms with Crippen molar-refractivity contribution in [2.45, 2.75) is 32.7 Å². The number of hydrogen-bond acceptors (Lipinski definition) is 2. The van der Waals surface area contributed by atoms with Gasteiger partial charge in [0, 0.05) is 0 Å². The minimum atomic E-state index is 0.129. The standard InChI is InChI=1S/C11H17NO/c1-7-5-8(2)9-10(13-4)12-11(9,3)6-7/h5,8-9H,6H2,1-4H3. The summed E-state index contributed by atoms with van der Waals surface area (Å²) in [5.41, 5.74) is 1.59. The largest absolute Gasteiger partial charge is 0.484 e. The zero-order valence-electron chi connectivity index (χ0n) is 8.79. The van der Waals surface area contributed by atoms with Gasteiger partial charge in [-0.3, -0.25) is 0 Å². The van der Waals surface area contributed by atoms with E-state index >= 15 is 0 Å². The van der Waals surface area contributed by atoms with Crippen molar-refractivity contribution in [2.75, 3.05) is 7.11 Å². The first-order valence-electron chi connectivity index (χ1n) is 4.88. The number of nitrogens with zero attached hydrogens (tertiary/aromatic N) is 1. The Morgan fingerprint density at radius 1 is 1.62 bits per heavy atom. The second-order valence-corrected chi connectivity index (χ2v) is 4.54. The SMILES string of the molecule is COC1=NC2(C)CC(C)=CC(C)C12. The molecule has 0 bridgehead atoms. The van der Waals surface area contributed by atoms with Crippen LogP contribution in [-0.4, -0.2) is 18.5 Å². The fourth-order valence-corrected chi connectivity index (χ4v) is 2.87. The Hall–Kier alpha value is -0.790. The zero-order chi connectivity index (χ0) is 9.64. The van der Waals surface area contributed by atoms with E-state index in [1.807, 2.05) is 0 Å². The Morgan fingerprint density at radius 2 is 2.31 bits per heavy atom. The second kappa shape index (κ2) is 2.60. The van der Waals surface area contributed by atoms with Crippen molar-refractivity contribution in [3.8, 4) is 0 Å². The molecule has 0 aromatic rings. The van der Waals surface area contributed by atoms with E-state index in [2.05, 4.69) is 31.8 Å². The van der Waals surface area contributed by atoms with Crippen LogP contribution in [0.5, 0.6) is 0 Å². The highest BCUT2D eigenvalue weighted by Crippen LogP contribution is 2.46. The quantitative estimate of drug-likeness (QED) is 0.523. The summed E-state index contributed by atoms with van der Waals surface area (Å²) in [5, 5.41) is 0. The molecule has 72 valence electrons. The Morgan fingerprint density at radius 3 is 2.85 bits per heavy atom. The first kappa shape index (κ1) is 8.79. The lowest BCUT2D eigenvalue weighted by Gasteiger charge is -2.48. The number of fused-ring (bicyclic) bond motifs is 1. The molecule has 0 fully saturated rings. The van der Waals surface area contributed by atoms with E-state index in [0.717, 1.165) is 12.3 Å². The summed E-state index contributed by atoms with van der Waals surface area (Å²) < 4.78 is 5.25. The molecular weight excluding hydrogens is 162 g/mol. The van der Waals surface area contributed by atoms with Crippen LogP contribution in [0.1, 0.15) is 27.2 Å². The number of methoxy groups -OCH3 is 1. The minimum absolute atomic E-state index is 0.129. The number of hydrogen-bond donors (Lipinski definition) is 0. The molecule has 1 aliphatic carbocycles. The van der Waals surface area contributed by atoms with Gasteiger partial charge in [-0.15, -0.1) is 0 Å². The zero-order valence-corrected chi connectivity index (χ0v) is 8.79. The molecule has 2 heteroatoms.